The van der Waals surface area contributed by atoms with Crippen molar-refractivity contribution in [3.63, 3.8) is 0 Å². The molecule has 0 unspecified atom stereocenters. The minimum atomic E-state index is -0.305. The van der Waals surface area contributed by atoms with Gasteiger partial charge >= 0.3 is 0 Å². The van der Waals surface area contributed by atoms with Crippen molar-refractivity contribution in [1.29, 1.82) is 0 Å². The van der Waals surface area contributed by atoms with Crippen LogP contribution in [0.2, 0.25) is 0 Å². The number of ether oxygens (including phenoxy) is 1. The summed E-state index contributed by atoms with van der Waals surface area (Å²) in [7, 11) is 0. The number of hydrogen-bond acceptors (Lipinski definition) is 2. The quantitative estimate of drug-likeness (QED) is 0.462. The minimum Gasteiger partial charge on any atom is -0.491 e. The Bertz CT molecular complexity index is 307. The van der Waals surface area contributed by atoms with Gasteiger partial charge in [0.2, 0.25) is 0 Å². The van der Waals surface area contributed by atoms with Crippen LogP contribution in [0.5, 0.6) is 5.75 Å². The molecule has 1 aromatic carbocycles. The highest BCUT2D eigenvalue weighted by Gasteiger charge is 2.03. The molecule has 0 radical (unpaired) electrons. The van der Waals surface area contributed by atoms with E-state index in [1.807, 2.05) is 13.0 Å². The van der Waals surface area contributed by atoms with Crippen LogP contribution in [-0.2, 0) is 6.42 Å². The molecule has 0 aliphatic carbocycles. The van der Waals surface area contributed by atoms with Crippen molar-refractivity contribution < 1.29 is 9.13 Å². The maximum Gasteiger partial charge on any atom is 0.165 e. The molecule has 1 rings (SSSR count). The summed E-state index contributed by atoms with van der Waals surface area (Å²) in [5.41, 5.74) is 0.938. The molecule has 0 saturated heterocycles. The van der Waals surface area contributed by atoms with Crippen molar-refractivity contribution >= 4 is 11.6 Å². The normalized spacial score (nSPS) is 10.3. The number of alkyl halides is 1. The number of nitrogens with one attached hydrogen (secondary N) is 1. The van der Waals surface area contributed by atoms with Gasteiger partial charge in [-0.25, -0.2) is 4.39 Å². The van der Waals surface area contributed by atoms with Crippen LogP contribution in [-0.4, -0.2) is 19.2 Å². The SMILES string of the molecule is CCOc1ccc(CCNCCl)cc1F. The van der Waals surface area contributed by atoms with Gasteiger partial charge in [-0.05, 0) is 31.0 Å². The van der Waals surface area contributed by atoms with Gasteiger partial charge in [0.25, 0.3) is 0 Å². The van der Waals surface area contributed by atoms with E-state index < -0.39 is 0 Å². The Morgan fingerprint density at radius 3 is 2.87 bits per heavy atom. The predicted molar refractivity (Wildman–Crippen MR) is 60.0 cm³/mol. The zero-order valence-corrected chi connectivity index (χ0v) is 9.48. The average molecular weight is 232 g/mol. The lowest BCUT2D eigenvalue weighted by atomic mass is 10.1. The fourth-order valence-electron chi connectivity index (χ4n) is 1.27. The van der Waals surface area contributed by atoms with E-state index in [-0.39, 0.29) is 5.82 Å². The zero-order chi connectivity index (χ0) is 11.1. The molecule has 0 fully saturated rings. The standard InChI is InChI=1S/C11H15ClFNO/c1-2-15-11-4-3-9(7-10(11)13)5-6-14-8-12/h3-4,7,14H,2,5-6,8H2,1H3. The Kier molecular flexibility index (Phi) is 5.43. The van der Waals surface area contributed by atoms with Crippen LogP contribution in [0.1, 0.15) is 12.5 Å². The summed E-state index contributed by atoms with van der Waals surface area (Å²) in [6.07, 6.45) is 0.760. The molecule has 4 heteroatoms. The largest absolute Gasteiger partial charge is 0.491 e. The number of rotatable bonds is 6. The minimum absolute atomic E-state index is 0.305. The average Bonchev–Trinajstić information content (AvgIpc) is 2.23. The van der Waals surface area contributed by atoms with E-state index in [1.165, 1.54) is 6.07 Å². The molecule has 0 aliphatic rings. The van der Waals surface area contributed by atoms with Crippen LogP contribution >= 0.6 is 11.6 Å². The summed E-state index contributed by atoms with van der Waals surface area (Å²) in [4.78, 5) is 0. The smallest absolute Gasteiger partial charge is 0.165 e. The highest BCUT2D eigenvalue weighted by Crippen LogP contribution is 2.18. The molecule has 0 aromatic heterocycles. The molecule has 0 bridgehead atoms. The molecule has 1 aromatic rings. The molecule has 2 nitrogen and oxygen atoms in total. The van der Waals surface area contributed by atoms with Crippen molar-refractivity contribution in [2.24, 2.45) is 0 Å². The van der Waals surface area contributed by atoms with E-state index in [1.54, 1.807) is 6.07 Å². The Labute approximate surface area is 94.4 Å². The lowest BCUT2D eigenvalue weighted by Gasteiger charge is -2.06. The molecule has 0 spiro atoms. The second kappa shape index (κ2) is 6.64. The van der Waals surface area contributed by atoms with E-state index in [2.05, 4.69) is 5.32 Å². The molecule has 1 N–H and O–H groups in total. The maximum absolute atomic E-state index is 13.4. The summed E-state index contributed by atoms with van der Waals surface area (Å²) >= 11 is 5.46. The lowest BCUT2D eigenvalue weighted by molar-refractivity contribution is 0.321. The van der Waals surface area contributed by atoms with Crippen LogP contribution in [0.15, 0.2) is 18.2 Å². The number of hydrogen-bond donors (Lipinski definition) is 1. The Balaban J connectivity index is 2.56. The van der Waals surface area contributed by atoms with E-state index >= 15 is 0 Å². The van der Waals surface area contributed by atoms with Crippen molar-refractivity contribution in [3.8, 4) is 5.75 Å². The molecular weight excluding hydrogens is 217 g/mol. The summed E-state index contributed by atoms with van der Waals surface area (Å²) in [5, 5.41) is 2.97. The monoisotopic (exact) mass is 231 g/mol. The number of benzene rings is 1. The summed E-state index contributed by atoms with van der Waals surface area (Å²) in [6, 6.07) is 5.44. The van der Waals surface area contributed by atoms with Crippen molar-refractivity contribution in [1.82, 2.24) is 5.32 Å². The third-order valence-corrected chi connectivity index (χ3v) is 2.17. The molecule has 84 valence electrons. The van der Waals surface area contributed by atoms with Gasteiger partial charge in [-0.1, -0.05) is 6.07 Å². The topological polar surface area (TPSA) is 21.3 Å². The lowest BCUT2D eigenvalue weighted by Crippen LogP contribution is -2.14. The van der Waals surface area contributed by atoms with Crippen LogP contribution in [0, 0.1) is 5.82 Å². The maximum atomic E-state index is 13.4. The van der Waals surface area contributed by atoms with Crippen LogP contribution in [0.25, 0.3) is 0 Å². The van der Waals surface area contributed by atoms with E-state index in [0.717, 1.165) is 18.5 Å². The van der Waals surface area contributed by atoms with Gasteiger partial charge in [0, 0.05) is 6.54 Å². The van der Waals surface area contributed by atoms with E-state index in [9.17, 15) is 4.39 Å². The van der Waals surface area contributed by atoms with Gasteiger partial charge in [-0.2, -0.15) is 0 Å². The summed E-state index contributed by atoms with van der Waals surface area (Å²) in [6.45, 7) is 3.05. The van der Waals surface area contributed by atoms with Gasteiger partial charge in [0.1, 0.15) is 0 Å². The third-order valence-electron chi connectivity index (χ3n) is 1.98. The second-order valence-electron chi connectivity index (χ2n) is 3.08. The number of halogens is 2. The van der Waals surface area contributed by atoms with Crippen LogP contribution < -0.4 is 10.1 Å². The predicted octanol–water partition coefficient (Wildman–Crippen LogP) is 2.55. The van der Waals surface area contributed by atoms with Crippen molar-refractivity contribution in [2.75, 3.05) is 19.2 Å². The second-order valence-corrected chi connectivity index (χ2v) is 3.35. The first-order valence-corrected chi connectivity index (χ1v) is 5.49. The first-order valence-electron chi connectivity index (χ1n) is 4.95. The Morgan fingerprint density at radius 2 is 2.27 bits per heavy atom. The van der Waals surface area contributed by atoms with Crippen molar-refractivity contribution in [3.05, 3.63) is 29.6 Å². The van der Waals surface area contributed by atoms with Crippen LogP contribution in [0.4, 0.5) is 4.39 Å². The molecule has 15 heavy (non-hydrogen) atoms. The molecule has 0 amide bonds. The molecule has 0 heterocycles. The zero-order valence-electron chi connectivity index (χ0n) is 8.72. The van der Waals surface area contributed by atoms with Gasteiger partial charge < -0.3 is 10.1 Å². The Morgan fingerprint density at radius 1 is 1.47 bits per heavy atom. The fourth-order valence-corrected chi connectivity index (χ4v) is 1.41. The molecule has 0 atom stereocenters. The highest BCUT2D eigenvalue weighted by molar-refractivity contribution is 6.17. The van der Waals surface area contributed by atoms with Gasteiger partial charge in [0.15, 0.2) is 11.6 Å². The third kappa shape index (κ3) is 4.06. The fraction of sp³-hybridized carbons (Fsp3) is 0.455. The summed E-state index contributed by atoms with van der Waals surface area (Å²) in [5.74, 6) is 0.00627. The van der Waals surface area contributed by atoms with Gasteiger partial charge in [-0.3, -0.25) is 0 Å². The van der Waals surface area contributed by atoms with Gasteiger partial charge in [0.05, 0.1) is 12.6 Å². The van der Waals surface area contributed by atoms with E-state index in [0.29, 0.717) is 18.4 Å². The summed E-state index contributed by atoms with van der Waals surface area (Å²) < 4.78 is 18.5. The molecule has 0 aliphatic heterocycles. The highest BCUT2D eigenvalue weighted by atomic mass is 35.5. The Hall–Kier alpha value is -0.800. The van der Waals surface area contributed by atoms with Gasteiger partial charge in [-0.15, -0.1) is 11.6 Å². The van der Waals surface area contributed by atoms with Crippen LogP contribution in [0.3, 0.4) is 0 Å². The molecular formula is C11H15ClFNO. The van der Waals surface area contributed by atoms with Crippen molar-refractivity contribution in [2.45, 2.75) is 13.3 Å². The molecule has 0 saturated carbocycles. The first-order chi connectivity index (χ1) is 7.27. The first kappa shape index (κ1) is 12.3. The van der Waals surface area contributed by atoms with E-state index in [4.69, 9.17) is 16.3 Å².